The molecule has 1 amide bonds. The maximum absolute atomic E-state index is 12.1. The average molecular weight is 270 g/mol. The molecule has 0 saturated carbocycles. The van der Waals surface area contributed by atoms with Gasteiger partial charge in [0.05, 0.1) is 18.7 Å². The summed E-state index contributed by atoms with van der Waals surface area (Å²) in [6, 6.07) is 11.3. The first-order valence-corrected chi connectivity index (χ1v) is 6.48. The Hall–Kier alpha value is -2.36. The fourth-order valence-electron chi connectivity index (χ4n) is 2.07. The molecule has 0 saturated heterocycles. The van der Waals surface area contributed by atoms with E-state index < -0.39 is 0 Å². The van der Waals surface area contributed by atoms with Crippen LogP contribution in [0.2, 0.25) is 0 Å². The predicted molar refractivity (Wildman–Crippen MR) is 77.8 cm³/mol. The highest BCUT2D eigenvalue weighted by molar-refractivity contribution is 5.94. The van der Waals surface area contributed by atoms with Crippen LogP contribution in [0, 0.1) is 6.92 Å². The Bertz CT molecular complexity index is 594. The molecular formula is C16H18N2O2. The number of pyridine rings is 1. The fourth-order valence-corrected chi connectivity index (χ4v) is 2.07. The number of aromatic nitrogens is 1. The van der Waals surface area contributed by atoms with Crippen molar-refractivity contribution in [2.45, 2.75) is 19.9 Å². The van der Waals surface area contributed by atoms with Crippen LogP contribution in [0.4, 0.5) is 0 Å². The number of carbonyl (C=O) groups is 1. The molecular weight excluding hydrogens is 252 g/mol. The summed E-state index contributed by atoms with van der Waals surface area (Å²) in [5, 5.41) is 2.97. The standard InChI is InChI=1S/C16H18N2O2/c1-11-6-4-5-7-14(11)12(2)18-16(19)13-8-9-15(20-3)17-10-13/h4-10,12H,1-3H3,(H,18,19). The number of hydrogen-bond donors (Lipinski definition) is 1. The molecule has 1 atom stereocenters. The second kappa shape index (κ2) is 6.19. The first-order valence-electron chi connectivity index (χ1n) is 6.48. The highest BCUT2D eigenvalue weighted by Crippen LogP contribution is 2.17. The van der Waals surface area contributed by atoms with E-state index in [-0.39, 0.29) is 11.9 Å². The van der Waals surface area contributed by atoms with Crippen LogP contribution in [0.1, 0.15) is 34.5 Å². The Morgan fingerprint density at radius 2 is 2.00 bits per heavy atom. The number of ether oxygens (including phenoxy) is 1. The molecule has 0 fully saturated rings. The highest BCUT2D eigenvalue weighted by Gasteiger charge is 2.13. The van der Waals surface area contributed by atoms with Gasteiger partial charge in [0.1, 0.15) is 0 Å². The average Bonchev–Trinajstić information content (AvgIpc) is 2.47. The van der Waals surface area contributed by atoms with Gasteiger partial charge in [0.2, 0.25) is 5.88 Å². The third-order valence-electron chi connectivity index (χ3n) is 3.21. The Morgan fingerprint density at radius 3 is 2.60 bits per heavy atom. The topological polar surface area (TPSA) is 51.2 Å². The van der Waals surface area contributed by atoms with Crippen molar-refractivity contribution in [1.29, 1.82) is 0 Å². The van der Waals surface area contributed by atoms with Crippen LogP contribution < -0.4 is 10.1 Å². The zero-order valence-corrected chi connectivity index (χ0v) is 11.9. The minimum Gasteiger partial charge on any atom is -0.481 e. The van der Waals surface area contributed by atoms with Crippen LogP contribution in [0.25, 0.3) is 0 Å². The summed E-state index contributed by atoms with van der Waals surface area (Å²) in [6.07, 6.45) is 1.51. The Kier molecular flexibility index (Phi) is 4.35. The van der Waals surface area contributed by atoms with E-state index in [1.807, 2.05) is 38.1 Å². The molecule has 0 radical (unpaired) electrons. The lowest BCUT2D eigenvalue weighted by Gasteiger charge is -2.16. The Balaban J connectivity index is 2.09. The van der Waals surface area contributed by atoms with E-state index in [1.54, 1.807) is 19.2 Å². The number of nitrogens with one attached hydrogen (secondary N) is 1. The molecule has 0 aliphatic carbocycles. The third kappa shape index (κ3) is 3.15. The van der Waals surface area contributed by atoms with E-state index in [9.17, 15) is 4.79 Å². The first-order chi connectivity index (χ1) is 9.61. The van der Waals surface area contributed by atoms with Gasteiger partial charge in [0.25, 0.3) is 5.91 Å². The molecule has 1 N–H and O–H groups in total. The molecule has 20 heavy (non-hydrogen) atoms. The SMILES string of the molecule is COc1ccc(C(=O)NC(C)c2ccccc2C)cn1. The minimum atomic E-state index is -0.143. The van der Waals surface area contributed by atoms with Crippen molar-refractivity contribution in [1.82, 2.24) is 10.3 Å². The van der Waals surface area contributed by atoms with Crippen LogP contribution >= 0.6 is 0 Å². The second-order valence-electron chi connectivity index (χ2n) is 4.64. The normalized spacial score (nSPS) is 11.8. The lowest BCUT2D eigenvalue weighted by Crippen LogP contribution is -2.27. The van der Waals surface area contributed by atoms with E-state index in [0.29, 0.717) is 11.4 Å². The van der Waals surface area contributed by atoms with E-state index >= 15 is 0 Å². The van der Waals surface area contributed by atoms with Gasteiger partial charge in [-0.05, 0) is 31.0 Å². The molecule has 0 aliphatic rings. The van der Waals surface area contributed by atoms with Gasteiger partial charge in [0, 0.05) is 12.3 Å². The monoisotopic (exact) mass is 270 g/mol. The van der Waals surface area contributed by atoms with Crippen molar-refractivity contribution >= 4 is 5.91 Å². The summed E-state index contributed by atoms with van der Waals surface area (Å²) in [4.78, 5) is 16.2. The maximum Gasteiger partial charge on any atom is 0.253 e. The van der Waals surface area contributed by atoms with Crippen LogP contribution in [0.15, 0.2) is 42.6 Å². The number of hydrogen-bond acceptors (Lipinski definition) is 3. The van der Waals surface area contributed by atoms with Crippen LogP contribution in [-0.2, 0) is 0 Å². The molecule has 0 spiro atoms. The third-order valence-corrected chi connectivity index (χ3v) is 3.21. The molecule has 1 aromatic heterocycles. The van der Waals surface area contributed by atoms with Gasteiger partial charge in [0.15, 0.2) is 0 Å². The van der Waals surface area contributed by atoms with E-state index in [0.717, 1.165) is 11.1 Å². The zero-order chi connectivity index (χ0) is 14.5. The molecule has 1 aromatic carbocycles. The summed E-state index contributed by atoms with van der Waals surface area (Å²) in [6.45, 7) is 4.00. The van der Waals surface area contributed by atoms with Crippen molar-refractivity contribution in [3.8, 4) is 5.88 Å². The van der Waals surface area contributed by atoms with Crippen molar-refractivity contribution in [3.63, 3.8) is 0 Å². The summed E-state index contributed by atoms with van der Waals surface area (Å²) in [5.41, 5.74) is 2.79. The quantitative estimate of drug-likeness (QED) is 0.929. The van der Waals surface area contributed by atoms with E-state index in [1.165, 1.54) is 6.20 Å². The summed E-state index contributed by atoms with van der Waals surface area (Å²) < 4.78 is 4.97. The smallest absolute Gasteiger partial charge is 0.253 e. The summed E-state index contributed by atoms with van der Waals surface area (Å²) in [5.74, 6) is 0.351. The molecule has 0 bridgehead atoms. The molecule has 1 heterocycles. The van der Waals surface area contributed by atoms with Crippen LogP contribution in [-0.4, -0.2) is 18.0 Å². The number of carbonyl (C=O) groups excluding carboxylic acids is 1. The summed E-state index contributed by atoms with van der Waals surface area (Å²) in [7, 11) is 1.54. The van der Waals surface area contributed by atoms with Gasteiger partial charge in [-0.15, -0.1) is 0 Å². The van der Waals surface area contributed by atoms with Gasteiger partial charge in [-0.25, -0.2) is 4.98 Å². The van der Waals surface area contributed by atoms with Crippen LogP contribution in [0.3, 0.4) is 0 Å². The van der Waals surface area contributed by atoms with E-state index in [2.05, 4.69) is 10.3 Å². The van der Waals surface area contributed by atoms with Crippen molar-refractivity contribution in [2.24, 2.45) is 0 Å². The second-order valence-corrected chi connectivity index (χ2v) is 4.64. The van der Waals surface area contributed by atoms with Crippen molar-refractivity contribution in [3.05, 3.63) is 59.3 Å². The zero-order valence-electron chi connectivity index (χ0n) is 11.9. The molecule has 104 valence electrons. The largest absolute Gasteiger partial charge is 0.481 e. The Labute approximate surface area is 118 Å². The van der Waals surface area contributed by atoms with Crippen molar-refractivity contribution < 1.29 is 9.53 Å². The van der Waals surface area contributed by atoms with Gasteiger partial charge in [-0.2, -0.15) is 0 Å². The number of nitrogens with zero attached hydrogens (tertiary/aromatic N) is 1. The number of methoxy groups -OCH3 is 1. The lowest BCUT2D eigenvalue weighted by atomic mass is 10.0. The number of rotatable bonds is 4. The Morgan fingerprint density at radius 1 is 1.25 bits per heavy atom. The van der Waals surface area contributed by atoms with Crippen molar-refractivity contribution in [2.75, 3.05) is 7.11 Å². The van der Waals surface area contributed by atoms with Gasteiger partial charge in [-0.3, -0.25) is 4.79 Å². The van der Waals surface area contributed by atoms with E-state index in [4.69, 9.17) is 4.74 Å². The van der Waals surface area contributed by atoms with Gasteiger partial charge in [-0.1, -0.05) is 24.3 Å². The number of amides is 1. The minimum absolute atomic E-state index is 0.0502. The lowest BCUT2D eigenvalue weighted by molar-refractivity contribution is 0.0939. The molecule has 0 aliphatic heterocycles. The summed E-state index contributed by atoms with van der Waals surface area (Å²) >= 11 is 0. The molecule has 4 heteroatoms. The highest BCUT2D eigenvalue weighted by atomic mass is 16.5. The molecule has 2 aromatic rings. The van der Waals surface area contributed by atoms with Gasteiger partial charge < -0.3 is 10.1 Å². The number of benzene rings is 1. The molecule has 4 nitrogen and oxygen atoms in total. The molecule has 2 rings (SSSR count). The fraction of sp³-hybridized carbons (Fsp3) is 0.250. The van der Waals surface area contributed by atoms with Crippen LogP contribution in [0.5, 0.6) is 5.88 Å². The van der Waals surface area contributed by atoms with Gasteiger partial charge >= 0.3 is 0 Å². The first kappa shape index (κ1) is 14.1. The maximum atomic E-state index is 12.1. The predicted octanol–water partition coefficient (Wildman–Crippen LogP) is 2.89. The molecule has 1 unspecified atom stereocenters. The number of aryl methyl sites for hydroxylation is 1.